The highest BCUT2D eigenvalue weighted by atomic mass is 32.1. The van der Waals surface area contributed by atoms with E-state index < -0.39 is 5.95 Å². The summed E-state index contributed by atoms with van der Waals surface area (Å²) in [6.45, 7) is 9.10. The fraction of sp³-hybridized carbons (Fsp3) is 0.206. The predicted molar refractivity (Wildman–Crippen MR) is 164 cm³/mol. The van der Waals surface area contributed by atoms with Crippen molar-refractivity contribution in [2.45, 2.75) is 45.7 Å². The standard InChI is InChI=1S/C34H30FN3S/c1-19(2)22-11-7-12-23(20(3)4)30(22)38-31-24-10-6-5-9-21(24)15-17-28(31)36-33(38)27-14-8-13-25-26-16-18-29(35)37-34(26)39-32(25)27/h5-20,33,36H,1-4H3. The van der Waals surface area contributed by atoms with Crippen molar-refractivity contribution in [3.63, 3.8) is 0 Å². The average molecular weight is 532 g/mol. The van der Waals surface area contributed by atoms with Gasteiger partial charge in [-0.15, -0.1) is 11.3 Å². The fourth-order valence-corrected chi connectivity index (χ4v) is 7.31. The van der Waals surface area contributed by atoms with Crippen molar-refractivity contribution in [1.82, 2.24) is 4.98 Å². The second-order valence-corrected chi connectivity index (χ2v) is 12.0. The average Bonchev–Trinajstić information content (AvgIpc) is 3.50. The first-order chi connectivity index (χ1) is 18.9. The molecule has 4 aromatic carbocycles. The highest BCUT2D eigenvalue weighted by Crippen LogP contribution is 2.54. The molecule has 0 saturated carbocycles. The molecule has 0 saturated heterocycles. The molecular weight excluding hydrogens is 501 g/mol. The summed E-state index contributed by atoms with van der Waals surface area (Å²) in [7, 11) is 0. The number of pyridine rings is 1. The third-order valence-corrected chi connectivity index (χ3v) is 9.09. The Morgan fingerprint density at radius 3 is 2.23 bits per heavy atom. The predicted octanol–water partition coefficient (Wildman–Crippen LogP) is 10.3. The van der Waals surface area contributed by atoms with Crippen molar-refractivity contribution in [2.75, 3.05) is 10.2 Å². The van der Waals surface area contributed by atoms with E-state index in [1.807, 2.05) is 6.07 Å². The van der Waals surface area contributed by atoms with E-state index in [9.17, 15) is 4.39 Å². The Bertz CT molecular complexity index is 1860. The van der Waals surface area contributed by atoms with Crippen LogP contribution in [-0.4, -0.2) is 4.98 Å². The Kier molecular flexibility index (Phi) is 5.60. The number of benzene rings is 4. The molecule has 7 rings (SSSR count). The van der Waals surface area contributed by atoms with Crippen molar-refractivity contribution in [3.8, 4) is 0 Å². The number of rotatable bonds is 4. The van der Waals surface area contributed by atoms with Crippen LogP contribution in [-0.2, 0) is 0 Å². The van der Waals surface area contributed by atoms with Crippen LogP contribution in [0, 0.1) is 5.95 Å². The number of hydrogen-bond donors (Lipinski definition) is 1. The summed E-state index contributed by atoms with van der Waals surface area (Å²) >= 11 is 1.57. The Morgan fingerprint density at radius 1 is 0.744 bits per heavy atom. The van der Waals surface area contributed by atoms with Gasteiger partial charge in [-0.05, 0) is 46.5 Å². The molecule has 0 amide bonds. The Hall–Kier alpha value is -3.96. The zero-order valence-electron chi connectivity index (χ0n) is 22.5. The van der Waals surface area contributed by atoms with Gasteiger partial charge in [0.15, 0.2) is 0 Å². The molecule has 1 aliphatic heterocycles. The largest absolute Gasteiger partial charge is 0.359 e. The number of thiophene rings is 1. The first kappa shape index (κ1) is 24.1. The van der Waals surface area contributed by atoms with Crippen molar-refractivity contribution >= 4 is 59.5 Å². The van der Waals surface area contributed by atoms with Gasteiger partial charge in [0.05, 0.1) is 17.1 Å². The molecule has 0 fully saturated rings. The van der Waals surface area contributed by atoms with Crippen LogP contribution in [0.2, 0.25) is 0 Å². The fourth-order valence-electron chi connectivity index (χ4n) is 6.11. The van der Waals surface area contributed by atoms with Crippen molar-refractivity contribution in [1.29, 1.82) is 0 Å². The number of hydrogen-bond acceptors (Lipinski definition) is 4. The van der Waals surface area contributed by atoms with Crippen LogP contribution in [0.1, 0.15) is 62.4 Å². The van der Waals surface area contributed by atoms with E-state index in [2.05, 4.69) is 116 Å². The molecular formula is C34H30FN3S. The van der Waals surface area contributed by atoms with Crippen LogP contribution >= 0.6 is 11.3 Å². The normalized spacial score (nSPS) is 15.2. The minimum absolute atomic E-state index is 0.134. The number of aromatic nitrogens is 1. The van der Waals surface area contributed by atoms with Crippen molar-refractivity contribution in [3.05, 3.63) is 108 Å². The maximum atomic E-state index is 14.1. The summed E-state index contributed by atoms with van der Waals surface area (Å²) in [5, 5.41) is 8.47. The maximum absolute atomic E-state index is 14.1. The summed E-state index contributed by atoms with van der Waals surface area (Å²) in [4.78, 5) is 7.50. The van der Waals surface area contributed by atoms with Crippen molar-refractivity contribution in [2.24, 2.45) is 0 Å². The van der Waals surface area contributed by atoms with E-state index in [4.69, 9.17) is 0 Å². The topological polar surface area (TPSA) is 28.2 Å². The number of halogens is 1. The lowest BCUT2D eigenvalue weighted by Crippen LogP contribution is -2.26. The second-order valence-electron chi connectivity index (χ2n) is 11.0. The van der Waals surface area contributed by atoms with E-state index in [1.165, 1.54) is 44.9 Å². The van der Waals surface area contributed by atoms with Gasteiger partial charge >= 0.3 is 0 Å². The molecule has 5 heteroatoms. The summed E-state index contributed by atoms with van der Waals surface area (Å²) in [5.74, 6) is 0.263. The van der Waals surface area contributed by atoms with Gasteiger partial charge in [-0.2, -0.15) is 4.39 Å². The summed E-state index contributed by atoms with van der Waals surface area (Å²) < 4.78 is 15.2. The lowest BCUT2D eigenvalue weighted by molar-refractivity contribution is 0.590. The van der Waals surface area contributed by atoms with Gasteiger partial charge in [0.25, 0.3) is 0 Å². The summed E-state index contributed by atoms with van der Waals surface area (Å²) in [6, 6.07) is 29.6. The molecule has 39 heavy (non-hydrogen) atoms. The van der Waals surface area contributed by atoms with Crippen LogP contribution in [0.3, 0.4) is 0 Å². The Morgan fingerprint density at radius 2 is 1.46 bits per heavy atom. The molecule has 194 valence electrons. The van der Waals surface area contributed by atoms with Gasteiger partial charge in [-0.1, -0.05) is 94.4 Å². The van der Waals surface area contributed by atoms with Crippen molar-refractivity contribution < 1.29 is 4.39 Å². The molecule has 1 aliphatic rings. The molecule has 1 atom stereocenters. The molecule has 0 aliphatic carbocycles. The lowest BCUT2D eigenvalue weighted by Gasteiger charge is -2.34. The zero-order valence-corrected chi connectivity index (χ0v) is 23.3. The van der Waals surface area contributed by atoms with E-state index in [1.54, 1.807) is 11.3 Å². The molecule has 6 aromatic rings. The molecule has 1 unspecified atom stereocenters. The molecule has 0 bridgehead atoms. The molecule has 2 aromatic heterocycles. The van der Waals surface area contributed by atoms with E-state index >= 15 is 0 Å². The molecule has 3 nitrogen and oxygen atoms in total. The van der Waals surface area contributed by atoms with Gasteiger partial charge in [0.2, 0.25) is 5.95 Å². The van der Waals surface area contributed by atoms with Crippen LogP contribution < -0.4 is 10.2 Å². The highest BCUT2D eigenvalue weighted by Gasteiger charge is 2.37. The molecule has 0 radical (unpaired) electrons. The first-order valence-electron chi connectivity index (χ1n) is 13.6. The van der Waals surface area contributed by atoms with Crippen LogP contribution in [0.4, 0.5) is 21.5 Å². The minimum atomic E-state index is -0.442. The van der Waals surface area contributed by atoms with Crippen LogP contribution in [0.5, 0.6) is 0 Å². The third kappa shape index (κ3) is 3.71. The van der Waals surface area contributed by atoms with Gasteiger partial charge in [0, 0.05) is 26.4 Å². The highest BCUT2D eigenvalue weighted by molar-refractivity contribution is 7.25. The Labute approximate surface area is 231 Å². The Balaban J connectivity index is 1.56. The lowest BCUT2D eigenvalue weighted by atomic mass is 9.91. The van der Waals surface area contributed by atoms with Gasteiger partial charge in [0.1, 0.15) is 11.0 Å². The maximum Gasteiger partial charge on any atom is 0.214 e. The van der Waals surface area contributed by atoms with Gasteiger partial charge < -0.3 is 10.2 Å². The summed E-state index contributed by atoms with van der Waals surface area (Å²) in [5.41, 5.74) is 7.44. The number of nitrogens with zero attached hydrogens (tertiary/aromatic N) is 2. The minimum Gasteiger partial charge on any atom is -0.359 e. The SMILES string of the molecule is CC(C)c1cccc(C(C)C)c1N1c2c(ccc3ccccc23)NC1c1cccc2c1sc1nc(F)ccc12. The van der Waals surface area contributed by atoms with E-state index in [-0.39, 0.29) is 6.17 Å². The van der Waals surface area contributed by atoms with Crippen LogP contribution in [0.15, 0.2) is 84.9 Å². The zero-order chi connectivity index (χ0) is 26.8. The smallest absolute Gasteiger partial charge is 0.214 e. The van der Waals surface area contributed by atoms with E-state index in [0.717, 1.165) is 26.0 Å². The monoisotopic (exact) mass is 531 g/mol. The molecule has 3 heterocycles. The second kappa shape index (κ2) is 9.06. The summed E-state index contributed by atoms with van der Waals surface area (Å²) in [6.07, 6.45) is -0.134. The van der Waals surface area contributed by atoms with Gasteiger partial charge in [-0.25, -0.2) is 4.98 Å². The third-order valence-electron chi connectivity index (χ3n) is 7.93. The van der Waals surface area contributed by atoms with Gasteiger partial charge in [-0.3, -0.25) is 0 Å². The van der Waals surface area contributed by atoms with E-state index in [0.29, 0.717) is 11.8 Å². The number of para-hydroxylation sites is 1. The number of fused-ring (bicyclic) bond motifs is 6. The first-order valence-corrected chi connectivity index (χ1v) is 14.4. The molecule has 1 N–H and O–H groups in total. The quantitative estimate of drug-likeness (QED) is 0.229. The number of anilines is 3. The number of nitrogens with one attached hydrogen (secondary N) is 1. The van der Waals surface area contributed by atoms with Crippen LogP contribution in [0.25, 0.3) is 31.1 Å². The molecule has 0 spiro atoms.